The van der Waals surface area contributed by atoms with Gasteiger partial charge in [0, 0.05) is 28.3 Å². The van der Waals surface area contributed by atoms with Crippen molar-refractivity contribution in [3.63, 3.8) is 0 Å². The third-order valence-corrected chi connectivity index (χ3v) is 5.47. The lowest BCUT2D eigenvalue weighted by atomic mass is 10.1. The summed E-state index contributed by atoms with van der Waals surface area (Å²) >= 11 is 2.33. The molecule has 1 aliphatic rings. The summed E-state index contributed by atoms with van der Waals surface area (Å²) in [7, 11) is 0. The van der Waals surface area contributed by atoms with Gasteiger partial charge in [-0.2, -0.15) is 0 Å². The molecular formula is C22H29IN4O3. The Morgan fingerprint density at radius 3 is 2.67 bits per heavy atom. The topological polar surface area (TPSA) is 76.6 Å². The average molecular weight is 524 g/mol. The highest BCUT2D eigenvalue weighted by atomic mass is 127. The molecule has 1 fully saturated rings. The van der Waals surface area contributed by atoms with E-state index in [2.05, 4.69) is 45.8 Å². The van der Waals surface area contributed by atoms with Crippen LogP contribution >= 0.6 is 22.6 Å². The molecule has 2 heterocycles. The van der Waals surface area contributed by atoms with Gasteiger partial charge in [-0.1, -0.05) is 29.5 Å². The molecule has 1 N–H and O–H groups in total. The Hall–Kier alpha value is -1.94. The Bertz CT molecular complexity index is 868. The highest BCUT2D eigenvalue weighted by Crippen LogP contribution is 2.26. The number of benzene rings is 1. The molecule has 3 rings (SSSR count). The Kier molecular flexibility index (Phi) is 7.51. The van der Waals surface area contributed by atoms with Crippen molar-refractivity contribution in [3.8, 4) is 11.4 Å². The number of hydrogen-bond acceptors (Lipinski definition) is 6. The maximum atomic E-state index is 12.0. The van der Waals surface area contributed by atoms with Crippen molar-refractivity contribution < 1.29 is 14.3 Å². The summed E-state index contributed by atoms with van der Waals surface area (Å²) in [6.45, 7) is 9.94. The van der Waals surface area contributed by atoms with Crippen LogP contribution in [-0.4, -0.2) is 47.5 Å². The first-order valence-corrected chi connectivity index (χ1v) is 11.7. The minimum atomic E-state index is -0.538. The first-order valence-electron chi connectivity index (χ1n) is 10.2. The van der Waals surface area contributed by atoms with E-state index >= 15 is 0 Å². The SMILES string of the molecule is CC[C@H]1COCCN1c1cc(CI)nc(-c2ccc(NC(=O)OC(C)(C)C)cc2)n1. The molecule has 1 amide bonds. The normalized spacial score (nSPS) is 17.0. The third-order valence-electron chi connectivity index (χ3n) is 4.68. The second-order valence-corrected chi connectivity index (χ2v) is 8.97. The van der Waals surface area contributed by atoms with Crippen LogP contribution in [-0.2, 0) is 13.9 Å². The van der Waals surface area contributed by atoms with Gasteiger partial charge < -0.3 is 14.4 Å². The minimum absolute atomic E-state index is 0.323. The summed E-state index contributed by atoms with van der Waals surface area (Å²) in [5.74, 6) is 1.63. The third kappa shape index (κ3) is 6.04. The highest BCUT2D eigenvalue weighted by molar-refractivity contribution is 14.1. The van der Waals surface area contributed by atoms with E-state index in [-0.39, 0.29) is 0 Å². The number of alkyl halides is 1. The molecule has 1 atom stereocenters. The van der Waals surface area contributed by atoms with Crippen LogP contribution < -0.4 is 10.2 Å². The van der Waals surface area contributed by atoms with Gasteiger partial charge in [-0.15, -0.1) is 0 Å². The molecular weight excluding hydrogens is 495 g/mol. The van der Waals surface area contributed by atoms with E-state index in [0.717, 1.165) is 41.1 Å². The fourth-order valence-corrected chi connectivity index (χ4v) is 3.64. The first-order chi connectivity index (χ1) is 14.3. The predicted molar refractivity (Wildman–Crippen MR) is 127 cm³/mol. The number of carbonyl (C=O) groups is 1. The zero-order valence-electron chi connectivity index (χ0n) is 17.9. The number of halogens is 1. The maximum Gasteiger partial charge on any atom is 0.412 e. The summed E-state index contributed by atoms with van der Waals surface area (Å²) in [6, 6.07) is 9.90. The number of nitrogens with one attached hydrogen (secondary N) is 1. The molecule has 2 aromatic rings. The fraction of sp³-hybridized carbons (Fsp3) is 0.500. The molecule has 0 radical (unpaired) electrons. The summed E-state index contributed by atoms with van der Waals surface area (Å²) in [5, 5.41) is 2.75. The standard InChI is InChI=1S/C22H29IN4O3/c1-5-18-14-29-11-10-27(18)19-12-17(13-23)24-20(26-19)15-6-8-16(9-7-15)25-21(28)30-22(2,3)4/h6-9,12,18H,5,10-11,13-14H2,1-4H3,(H,25,28)/t18-/m0/s1. The smallest absolute Gasteiger partial charge is 0.412 e. The lowest BCUT2D eigenvalue weighted by Crippen LogP contribution is -2.45. The van der Waals surface area contributed by atoms with E-state index in [9.17, 15) is 4.79 Å². The van der Waals surface area contributed by atoms with Crippen LogP contribution in [0.5, 0.6) is 0 Å². The zero-order valence-corrected chi connectivity index (χ0v) is 20.1. The molecule has 1 aromatic carbocycles. The van der Waals surface area contributed by atoms with E-state index in [1.54, 1.807) is 0 Å². The average Bonchev–Trinajstić information content (AvgIpc) is 2.72. The van der Waals surface area contributed by atoms with Crippen LogP contribution in [0, 0.1) is 0 Å². The van der Waals surface area contributed by atoms with Crippen molar-refractivity contribution in [2.24, 2.45) is 0 Å². The van der Waals surface area contributed by atoms with Crippen LogP contribution in [0.1, 0.15) is 39.8 Å². The Balaban J connectivity index is 1.82. The lowest BCUT2D eigenvalue weighted by Gasteiger charge is -2.36. The lowest BCUT2D eigenvalue weighted by molar-refractivity contribution is 0.0636. The van der Waals surface area contributed by atoms with E-state index in [1.807, 2.05) is 45.0 Å². The number of carbonyl (C=O) groups excluding carboxylic acids is 1. The molecule has 7 nitrogen and oxygen atoms in total. The molecule has 8 heteroatoms. The number of nitrogens with zero attached hydrogens (tertiary/aromatic N) is 3. The van der Waals surface area contributed by atoms with Crippen molar-refractivity contribution >= 4 is 40.2 Å². The van der Waals surface area contributed by atoms with E-state index in [0.29, 0.717) is 24.2 Å². The van der Waals surface area contributed by atoms with Gasteiger partial charge in [0.05, 0.1) is 24.9 Å². The zero-order chi connectivity index (χ0) is 21.7. The van der Waals surface area contributed by atoms with Crippen LogP contribution in [0.4, 0.5) is 16.3 Å². The molecule has 30 heavy (non-hydrogen) atoms. The van der Waals surface area contributed by atoms with Gasteiger partial charge in [-0.3, -0.25) is 5.32 Å². The molecule has 1 aliphatic heterocycles. The maximum absolute atomic E-state index is 12.0. The number of morpholine rings is 1. The molecule has 162 valence electrons. The van der Waals surface area contributed by atoms with Gasteiger partial charge in [-0.05, 0) is 51.5 Å². The molecule has 1 aromatic heterocycles. The van der Waals surface area contributed by atoms with E-state index in [1.165, 1.54) is 0 Å². The van der Waals surface area contributed by atoms with Gasteiger partial charge in [0.25, 0.3) is 0 Å². The quantitative estimate of drug-likeness (QED) is 0.437. The Morgan fingerprint density at radius 2 is 2.03 bits per heavy atom. The molecule has 0 spiro atoms. The van der Waals surface area contributed by atoms with E-state index in [4.69, 9.17) is 19.4 Å². The number of aromatic nitrogens is 2. The largest absolute Gasteiger partial charge is 0.444 e. The monoisotopic (exact) mass is 524 g/mol. The summed E-state index contributed by atoms with van der Waals surface area (Å²) in [5.41, 5.74) is 2.02. The molecule has 0 bridgehead atoms. The summed E-state index contributed by atoms with van der Waals surface area (Å²) in [6.07, 6.45) is 0.530. The minimum Gasteiger partial charge on any atom is -0.444 e. The van der Waals surface area contributed by atoms with Crippen molar-refractivity contribution in [2.45, 2.75) is 50.2 Å². The number of rotatable bonds is 5. The molecule has 0 aliphatic carbocycles. The second-order valence-electron chi connectivity index (χ2n) is 8.21. The number of anilines is 2. The van der Waals surface area contributed by atoms with Crippen LogP contribution in [0.2, 0.25) is 0 Å². The number of hydrogen-bond donors (Lipinski definition) is 1. The van der Waals surface area contributed by atoms with Crippen LogP contribution in [0.3, 0.4) is 0 Å². The van der Waals surface area contributed by atoms with Crippen molar-refractivity contribution in [3.05, 3.63) is 36.0 Å². The summed E-state index contributed by atoms with van der Waals surface area (Å²) < 4.78 is 11.7. The molecule has 0 saturated carbocycles. The Morgan fingerprint density at radius 1 is 1.30 bits per heavy atom. The van der Waals surface area contributed by atoms with Crippen LogP contribution in [0.25, 0.3) is 11.4 Å². The van der Waals surface area contributed by atoms with Gasteiger partial charge >= 0.3 is 6.09 Å². The highest BCUT2D eigenvalue weighted by Gasteiger charge is 2.24. The molecule has 0 unspecified atom stereocenters. The Labute approximate surface area is 191 Å². The van der Waals surface area contributed by atoms with Crippen molar-refractivity contribution in [2.75, 3.05) is 30.0 Å². The summed E-state index contributed by atoms with van der Waals surface area (Å²) in [4.78, 5) is 23.9. The van der Waals surface area contributed by atoms with Gasteiger partial charge in [0.15, 0.2) is 5.82 Å². The second kappa shape index (κ2) is 9.91. The van der Waals surface area contributed by atoms with Crippen molar-refractivity contribution in [1.29, 1.82) is 0 Å². The number of amides is 1. The first kappa shape index (κ1) is 22.7. The van der Waals surface area contributed by atoms with Gasteiger partial charge in [0.2, 0.25) is 0 Å². The van der Waals surface area contributed by atoms with Gasteiger partial charge in [0.1, 0.15) is 11.4 Å². The van der Waals surface area contributed by atoms with Gasteiger partial charge in [-0.25, -0.2) is 14.8 Å². The van der Waals surface area contributed by atoms with E-state index < -0.39 is 11.7 Å². The fourth-order valence-electron chi connectivity index (χ4n) is 3.25. The van der Waals surface area contributed by atoms with Crippen LogP contribution in [0.15, 0.2) is 30.3 Å². The number of ether oxygens (including phenoxy) is 2. The molecule has 1 saturated heterocycles. The predicted octanol–water partition coefficient (Wildman–Crippen LogP) is 5.04. The van der Waals surface area contributed by atoms with Crippen molar-refractivity contribution in [1.82, 2.24) is 9.97 Å².